The molecule has 27 heavy (non-hydrogen) atoms. The molecule has 0 spiro atoms. The lowest BCUT2D eigenvalue weighted by atomic mass is 10.0. The van der Waals surface area contributed by atoms with Gasteiger partial charge in [-0.1, -0.05) is 23.7 Å². The monoisotopic (exact) mass is 390 g/mol. The number of fused-ring (bicyclic) bond motifs is 1. The van der Waals surface area contributed by atoms with Gasteiger partial charge in [-0.25, -0.2) is 14.0 Å². The van der Waals surface area contributed by atoms with Gasteiger partial charge in [0.1, 0.15) is 17.1 Å². The second kappa shape index (κ2) is 7.80. The third-order valence-corrected chi connectivity index (χ3v) is 4.27. The number of carbonyl (C=O) groups excluding carboxylic acids is 1. The van der Waals surface area contributed by atoms with Crippen LogP contribution in [0.4, 0.5) is 4.39 Å². The average molecular weight is 391 g/mol. The Balaban J connectivity index is 2.05. The second-order valence-electron chi connectivity index (χ2n) is 5.75. The minimum atomic E-state index is -0.824. The van der Waals surface area contributed by atoms with E-state index in [0.717, 1.165) is 0 Å². The summed E-state index contributed by atoms with van der Waals surface area (Å²) in [7, 11) is 0. The predicted molar refractivity (Wildman–Crippen MR) is 99.6 cm³/mol. The summed E-state index contributed by atoms with van der Waals surface area (Å²) in [6.45, 7) is 3.51. The van der Waals surface area contributed by atoms with Gasteiger partial charge in [-0.3, -0.25) is 0 Å². The molecule has 0 saturated heterocycles. The Labute approximate surface area is 159 Å². The highest BCUT2D eigenvalue weighted by Gasteiger charge is 2.17. The number of benzene rings is 2. The first-order valence-corrected chi connectivity index (χ1v) is 8.64. The highest BCUT2D eigenvalue weighted by atomic mass is 35.5. The van der Waals surface area contributed by atoms with Crippen molar-refractivity contribution in [3.63, 3.8) is 0 Å². The molecule has 0 radical (unpaired) electrons. The van der Waals surface area contributed by atoms with Crippen molar-refractivity contribution >= 4 is 28.5 Å². The summed E-state index contributed by atoms with van der Waals surface area (Å²) in [5.74, 6) is -0.758. The molecule has 0 N–H and O–H groups in total. The normalized spacial score (nSPS) is 12.0. The Morgan fingerprint density at radius 2 is 2.00 bits per heavy atom. The van der Waals surface area contributed by atoms with Gasteiger partial charge in [0.2, 0.25) is 0 Å². The molecule has 1 atom stereocenters. The van der Waals surface area contributed by atoms with Gasteiger partial charge < -0.3 is 13.9 Å². The molecule has 1 heterocycles. The summed E-state index contributed by atoms with van der Waals surface area (Å²) in [6, 6.07) is 10.4. The summed E-state index contributed by atoms with van der Waals surface area (Å²) < 4.78 is 29.5. The minimum absolute atomic E-state index is 0.0827. The molecule has 0 bridgehead atoms. The van der Waals surface area contributed by atoms with E-state index in [4.69, 9.17) is 25.5 Å². The molecule has 0 amide bonds. The van der Waals surface area contributed by atoms with Crippen LogP contribution in [0.5, 0.6) is 5.75 Å². The van der Waals surface area contributed by atoms with Crippen LogP contribution in [-0.2, 0) is 9.53 Å². The second-order valence-corrected chi connectivity index (χ2v) is 6.13. The van der Waals surface area contributed by atoms with Gasteiger partial charge in [0.25, 0.3) is 0 Å². The first-order valence-electron chi connectivity index (χ1n) is 8.26. The Bertz CT molecular complexity index is 1060. The molecule has 2 aromatic carbocycles. The van der Waals surface area contributed by atoms with Gasteiger partial charge in [0, 0.05) is 28.6 Å². The molecular weight excluding hydrogens is 375 g/mol. The summed E-state index contributed by atoms with van der Waals surface area (Å²) >= 11 is 6.06. The highest BCUT2D eigenvalue weighted by Crippen LogP contribution is 2.35. The minimum Gasteiger partial charge on any atom is -0.479 e. The van der Waals surface area contributed by atoms with E-state index in [9.17, 15) is 14.0 Å². The van der Waals surface area contributed by atoms with E-state index < -0.39 is 23.5 Å². The summed E-state index contributed by atoms with van der Waals surface area (Å²) in [4.78, 5) is 23.7. The number of rotatable bonds is 5. The van der Waals surface area contributed by atoms with E-state index in [1.165, 1.54) is 24.3 Å². The van der Waals surface area contributed by atoms with Gasteiger partial charge in [-0.05, 0) is 32.0 Å². The highest BCUT2D eigenvalue weighted by molar-refractivity contribution is 6.33. The fraction of sp³-hybridized carbons (Fsp3) is 0.200. The zero-order valence-corrected chi connectivity index (χ0v) is 15.4. The summed E-state index contributed by atoms with van der Waals surface area (Å²) in [5, 5.41) is 0.471. The quantitative estimate of drug-likeness (QED) is 0.471. The van der Waals surface area contributed by atoms with E-state index in [-0.39, 0.29) is 17.2 Å². The van der Waals surface area contributed by atoms with Crippen molar-refractivity contribution in [2.75, 3.05) is 6.61 Å². The average Bonchev–Trinajstić information content (AvgIpc) is 2.63. The van der Waals surface area contributed by atoms with Crippen molar-refractivity contribution in [2.45, 2.75) is 20.0 Å². The van der Waals surface area contributed by atoms with Crippen molar-refractivity contribution in [3.05, 3.63) is 63.7 Å². The molecule has 7 heteroatoms. The van der Waals surface area contributed by atoms with Crippen LogP contribution in [0.25, 0.3) is 22.1 Å². The molecule has 0 aliphatic rings. The van der Waals surface area contributed by atoms with Crippen LogP contribution < -0.4 is 10.4 Å². The summed E-state index contributed by atoms with van der Waals surface area (Å²) in [5.41, 5.74) is 0.429. The molecule has 3 rings (SSSR count). The van der Waals surface area contributed by atoms with Crippen LogP contribution in [0, 0.1) is 5.82 Å². The molecule has 1 aromatic heterocycles. The van der Waals surface area contributed by atoms with E-state index in [1.54, 1.807) is 32.0 Å². The Hall–Kier alpha value is -2.86. The maximum absolute atomic E-state index is 13.8. The summed E-state index contributed by atoms with van der Waals surface area (Å²) in [6.07, 6.45) is -0.824. The van der Waals surface area contributed by atoms with Crippen molar-refractivity contribution in [1.82, 2.24) is 0 Å². The molecule has 0 aliphatic heterocycles. The third-order valence-electron chi connectivity index (χ3n) is 3.89. The van der Waals surface area contributed by atoms with Gasteiger partial charge >= 0.3 is 11.6 Å². The smallest absolute Gasteiger partial charge is 0.347 e. The van der Waals surface area contributed by atoms with Crippen molar-refractivity contribution < 1.29 is 23.1 Å². The maximum atomic E-state index is 13.8. The molecule has 0 saturated carbocycles. The fourth-order valence-electron chi connectivity index (χ4n) is 2.66. The van der Waals surface area contributed by atoms with Crippen LogP contribution in [0.15, 0.2) is 51.7 Å². The van der Waals surface area contributed by atoms with Crippen LogP contribution in [-0.4, -0.2) is 18.7 Å². The van der Waals surface area contributed by atoms with Crippen LogP contribution in [0.2, 0.25) is 5.02 Å². The first-order chi connectivity index (χ1) is 12.9. The molecule has 0 fully saturated rings. The number of hydrogen-bond donors (Lipinski definition) is 0. The lowest BCUT2D eigenvalue weighted by molar-refractivity contribution is -0.150. The zero-order valence-electron chi connectivity index (χ0n) is 14.6. The molecule has 3 aromatic rings. The molecule has 140 valence electrons. The maximum Gasteiger partial charge on any atom is 0.347 e. The number of halogens is 2. The Kier molecular flexibility index (Phi) is 5.46. The largest absolute Gasteiger partial charge is 0.479 e. The van der Waals surface area contributed by atoms with E-state index in [2.05, 4.69) is 0 Å². The lowest BCUT2D eigenvalue weighted by Gasteiger charge is -2.14. The van der Waals surface area contributed by atoms with Crippen LogP contribution in [0.3, 0.4) is 0 Å². The zero-order chi connectivity index (χ0) is 19.6. The van der Waals surface area contributed by atoms with Crippen molar-refractivity contribution in [3.8, 4) is 16.9 Å². The molecular formula is C20H16ClFO5. The van der Waals surface area contributed by atoms with Crippen molar-refractivity contribution in [1.29, 1.82) is 0 Å². The number of carbonyl (C=O) groups is 1. The van der Waals surface area contributed by atoms with Gasteiger partial charge in [-0.15, -0.1) is 0 Å². The molecule has 5 nitrogen and oxygen atoms in total. The van der Waals surface area contributed by atoms with Crippen molar-refractivity contribution in [2.24, 2.45) is 0 Å². The first kappa shape index (κ1) is 18.9. The van der Waals surface area contributed by atoms with Gasteiger partial charge in [-0.2, -0.15) is 0 Å². The SMILES string of the molecule is CCOC(=O)C(C)Oc1ccc2c(-c3cccc(F)c3Cl)cc(=O)oc2c1. The fourth-order valence-corrected chi connectivity index (χ4v) is 2.89. The lowest BCUT2D eigenvalue weighted by Crippen LogP contribution is -2.26. The number of hydrogen-bond acceptors (Lipinski definition) is 5. The topological polar surface area (TPSA) is 65.7 Å². The third kappa shape index (κ3) is 3.95. The van der Waals surface area contributed by atoms with Gasteiger partial charge in [0.15, 0.2) is 6.10 Å². The number of ether oxygens (including phenoxy) is 2. The predicted octanol–water partition coefficient (Wildman–Crippen LogP) is 4.58. The molecule has 0 aliphatic carbocycles. The van der Waals surface area contributed by atoms with Gasteiger partial charge in [0.05, 0.1) is 11.6 Å². The van der Waals surface area contributed by atoms with E-state index in [0.29, 0.717) is 22.3 Å². The van der Waals surface area contributed by atoms with Crippen LogP contribution in [0.1, 0.15) is 13.8 Å². The van der Waals surface area contributed by atoms with E-state index >= 15 is 0 Å². The van der Waals surface area contributed by atoms with E-state index in [1.807, 2.05) is 0 Å². The van der Waals surface area contributed by atoms with Crippen LogP contribution >= 0.6 is 11.6 Å². The Morgan fingerprint density at radius 3 is 2.74 bits per heavy atom. The standard InChI is InChI=1S/C20H16ClFO5/c1-3-25-20(24)11(2)26-12-7-8-13-15(10-18(23)27-17(13)9-12)14-5-4-6-16(22)19(14)21/h4-11H,3H2,1-2H3. The molecule has 1 unspecified atom stereocenters. The Morgan fingerprint density at radius 1 is 1.22 bits per heavy atom. The number of esters is 1.